The summed E-state index contributed by atoms with van der Waals surface area (Å²) >= 11 is 13.7. The monoisotopic (exact) mass is 466 g/mol. The molecule has 0 heterocycles. The lowest BCUT2D eigenvalue weighted by molar-refractivity contribution is -0.139. The maximum atomic E-state index is 13.2. The Morgan fingerprint density at radius 1 is 1.10 bits per heavy atom. The average molecular weight is 467 g/mol. The van der Waals surface area contributed by atoms with E-state index in [0.29, 0.717) is 35.3 Å². The van der Waals surface area contributed by atoms with Gasteiger partial charge in [0, 0.05) is 28.9 Å². The summed E-state index contributed by atoms with van der Waals surface area (Å²) in [5.41, 5.74) is 3.07. The van der Waals surface area contributed by atoms with Crippen molar-refractivity contribution >= 4 is 46.8 Å². The summed E-state index contributed by atoms with van der Waals surface area (Å²) < 4.78 is 0. The van der Waals surface area contributed by atoms with E-state index >= 15 is 0 Å². The van der Waals surface area contributed by atoms with Crippen molar-refractivity contribution in [1.82, 2.24) is 10.2 Å². The second-order valence-corrected chi connectivity index (χ2v) is 8.82. The highest BCUT2D eigenvalue weighted by atomic mass is 35.5. The number of nitrogens with zero attached hydrogens (tertiary/aromatic N) is 1. The molecule has 1 atom stereocenters. The van der Waals surface area contributed by atoms with Crippen molar-refractivity contribution < 1.29 is 9.59 Å². The average Bonchev–Trinajstić information content (AvgIpc) is 2.71. The fraction of sp³-hybridized carbons (Fsp3) is 0.391. The highest BCUT2D eigenvalue weighted by Crippen LogP contribution is 2.25. The van der Waals surface area contributed by atoms with E-state index in [2.05, 4.69) is 5.32 Å². The number of rotatable bonds is 10. The van der Waals surface area contributed by atoms with Crippen LogP contribution in [-0.2, 0) is 21.9 Å². The van der Waals surface area contributed by atoms with Gasteiger partial charge in [0.1, 0.15) is 6.04 Å². The lowest BCUT2D eigenvalue weighted by Crippen LogP contribution is -2.49. The van der Waals surface area contributed by atoms with E-state index in [9.17, 15) is 9.59 Å². The summed E-state index contributed by atoms with van der Waals surface area (Å²) in [6, 6.07) is 12.8. The number of hydrogen-bond acceptors (Lipinski definition) is 3. The number of hydrogen-bond donors (Lipinski definition) is 1. The Morgan fingerprint density at radius 2 is 1.83 bits per heavy atom. The molecule has 0 saturated carbocycles. The number of aryl methyl sites for hydroxylation is 1. The van der Waals surface area contributed by atoms with Gasteiger partial charge < -0.3 is 10.2 Å². The molecule has 1 N–H and O–H groups in total. The summed E-state index contributed by atoms with van der Waals surface area (Å²) in [6.45, 7) is 6.76. The second kappa shape index (κ2) is 12.2. The van der Waals surface area contributed by atoms with E-state index in [-0.39, 0.29) is 17.6 Å². The van der Waals surface area contributed by atoms with Crippen LogP contribution in [0.5, 0.6) is 0 Å². The fourth-order valence-electron chi connectivity index (χ4n) is 3.15. The lowest BCUT2D eigenvalue weighted by Gasteiger charge is -2.31. The Bertz CT molecular complexity index is 876. The molecule has 30 heavy (non-hydrogen) atoms. The molecule has 0 fully saturated rings. The molecule has 4 nitrogen and oxygen atoms in total. The third-order valence-electron chi connectivity index (χ3n) is 4.84. The number of benzene rings is 2. The first kappa shape index (κ1) is 24.6. The van der Waals surface area contributed by atoms with Crippen molar-refractivity contribution in [2.45, 2.75) is 45.5 Å². The standard InChI is InChI=1S/C23H28Cl2N2O2S/c1-4-21(23(29)26-5-2)27(13-17-9-7-6-8-16(17)3)22(28)15-30-14-18-10-11-19(24)12-20(18)25/h6-12,21H,4-5,13-15H2,1-3H3,(H,26,29)/t21-/m0/s1. The van der Waals surface area contributed by atoms with Crippen LogP contribution in [0.25, 0.3) is 0 Å². The Morgan fingerprint density at radius 3 is 2.47 bits per heavy atom. The lowest BCUT2D eigenvalue weighted by atomic mass is 10.1. The van der Waals surface area contributed by atoms with E-state index in [1.54, 1.807) is 17.0 Å². The first-order valence-electron chi connectivity index (χ1n) is 10.0. The molecule has 2 aromatic carbocycles. The van der Waals surface area contributed by atoms with Crippen LogP contribution in [0, 0.1) is 6.92 Å². The van der Waals surface area contributed by atoms with Crippen LogP contribution in [0.15, 0.2) is 42.5 Å². The van der Waals surface area contributed by atoms with Crippen LogP contribution < -0.4 is 5.32 Å². The molecule has 2 aromatic rings. The number of amides is 2. The van der Waals surface area contributed by atoms with Gasteiger partial charge in [-0.25, -0.2) is 0 Å². The molecule has 0 unspecified atom stereocenters. The maximum Gasteiger partial charge on any atom is 0.242 e. The van der Waals surface area contributed by atoms with Gasteiger partial charge >= 0.3 is 0 Å². The van der Waals surface area contributed by atoms with Crippen LogP contribution in [0.4, 0.5) is 0 Å². The van der Waals surface area contributed by atoms with Gasteiger partial charge in [-0.2, -0.15) is 0 Å². The fourth-order valence-corrected chi connectivity index (χ4v) is 4.62. The molecular formula is C23H28Cl2N2O2S. The Balaban J connectivity index is 2.14. The van der Waals surface area contributed by atoms with E-state index in [1.807, 2.05) is 51.1 Å². The first-order chi connectivity index (χ1) is 14.4. The van der Waals surface area contributed by atoms with Gasteiger partial charge in [0.2, 0.25) is 11.8 Å². The normalized spacial score (nSPS) is 11.8. The van der Waals surface area contributed by atoms with Crippen molar-refractivity contribution in [2.75, 3.05) is 12.3 Å². The third kappa shape index (κ3) is 6.93. The number of carbonyl (C=O) groups is 2. The minimum absolute atomic E-state index is 0.0635. The van der Waals surface area contributed by atoms with Gasteiger partial charge in [-0.3, -0.25) is 9.59 Å². The second-order valence-electron chi connectivity index (χ2n) is 7.00. The molecule has 0 aromatic heterocycles. The van der Waals surface area contributed by atoms with Crippen molar-refractivity contribution in [3.63, 3.8) is 0 Å². The molecule has 162 valence electrons. The molecule has 2 rings (SSSR count). The van der Waals surface area contributed by atoms with Crippen molar-refractivity contribution in [1.29, 1.82) is 0 Å². The van der Waals surface area contributed by atoms with E-state index < -0.39 is 6.04 Å². The number of nitrogens with one attached hydrogen (secondary N) is 1. The predicted molar refractivity (Wildman–Crippen MR) is 127 cm³/mol. The summed E-state index contributed by atoms with van der Waals surface area (Å²) in [5.74, 6) is 0.678. The summed E-state index contributed by atoms with van der Waals surface area (Å²) in [4.78, 5) is 27.5. The van der Waals surface area contributed by atoms with Gasteiger partial charge in [0.25, 0.3) is 0 Å². The molecular weight excluding hydrogens is 439 g/mol. The molecule has 0 radical (unpaired) electrons. The van der Waals surface area contributed by atoms with Crippen molar-refractivity contribution in [3.8, 4) is 0 Å². The van der Waals surface area contributed by atoms with E-state index in [4.69, 9.17) is 23.2 Å². The van der Waals surface area contributed by atoms with Gasteiger partial charge in [-0.15, -0.1) is 11.8 Å². The number of thioether (sulfide) groups is 1. The highest BCUT2D eigenvalue weighted by Gasteiger charge is 2.28. The topological polar surface area (TPSA) is 49.4 Å². The summed E-state index contributed by atoms with van der Waals surface area (Å²) in [7, 11) is 0. The number of halogens is 2. The zero-order valence-corrected chi connectivity index (χ0v) is 19.9. The van der Waals surface area contributed by atoms with Crippen molar-refractivity contribution in [3.05, 3.63) is 69.2 Å². The van der Waals surface area contributed by atoms with Gasteiger partial charge in [-0.05, 0) is 49.1 Å². The molecule has 0 bridgehead atoms. The van der Waals surface area contributed by atoms with Crippen LogP contribution in [0.2, 0.25) is 10.0 Å². The Kier molecular flexibility index (Phi) is 10.0. The molecule has 7 heteroatoms. The Hall–Kier alpha value is -1.69. The molecule has 0 saturated heterocycles. The largest absolute Gasteiger partial charge is 0.355 e. The SMILES string of the molecule is CCNC(=O)[C@H](CC)N(Cc1ccccc1C)C(=O)CSCc1ccc(Cl)cc1Cl. The first-order valence-corrected chi connectivity index (χ1v) is 11.9. The zero-order valence-electron chi connectivity index (χ0n) is 17.6. The zero-order chi connectivity index (χ0) is 22.1. The predicted octanol–water partition coefficient (Wildman–Crippen LogP) is 5.48. The molecule has 2 amide bonds. The minimum Gasteiger partial charge on any atom is -0.355 e. The molecule has 0 spiro atoms. The van der Waals surface area contributed by atoms with E-state index in [1.165, 1.54) is 11.8 Å². The van der Waals surface area contributed by atoms with Crippen LogP contribution in [0.3, 0.4) is 0 Å². The van der Waals surface area contributed by atoms with E-state index in [0.717, 1.165) is 16.7 Å². The molecule has 0 aliphatic carbocycles. The summed E-state index contributed by atoms with van der Waals surface area (Å²) in [6.07, 6.45) is 0.553. The van der Waals surface area contributed by atoms with Gasteiger partial charge in [0.05, 0.1) is 5.75 Å². The van der Waals surface area contributed by atoms with Crippen molar-refractivity contribution in [2.24, 2.45) is 0 Å². The molecule has 0 aliphatic rings. The summed E-state index contributed by atoms with van der Waals surface area (Å²) in [5, 5.41) is 4.03. The van der Waals surface area contributed by atoms with Crippen LogP contribution in [-0.4, -0.2) is 35.1 Å². The van der Waals surface area contributed by atoms with Crippen LogP contribution >= 0.6 is 35.0 Å². The quantitative estimate of drug-likeness (QED) is 0.504. The minimum atomic E-state index is -0.503. The third-order valence-corrected chi connectivity index (χ3v) is 6.39. The van der Waals surface area contributed by atoms with Crippen LogP contribution in [0.1, 0.15) is 37.0 Å². The molecule has 0 aliphatic heterocycles. The van der Waals surface area contributed by atoms with Gasteiger partial charge in [-0.1, -0.05) is 60.5 Å². The smallest absolute Gasteiger partial charge is 0.242 e. The maximum absolute atomic E-state index is 13.2. The number of carbonyl (C=O) groups excluding carboxylic acids is 2. The van der Waals surface area contributed by atoms with Gasteiger partial charge in [0.15, 0.2) is 0 Å². The Labute approximate surface area is 193 Å². The highest BCUT2D eigenvalue weighted by molar-refractivity contribution is 7.99. The number of likely N-dealkylation sites (N-methyl/N-ethyl adjacent to an activating group) is 1.